The van der Waals surface area contributed by atoms with Crippen molar-refractivity contribution in [3.63, 3.8) is 0 Å². The normalized spacial score (nSPS) is 14.8. The maximum absolute atomic E-state index is 13.6. The van der Waals surface area contributed by atoms with Crippen molar-refractivity contribution in [2.75, 3.05) is 19.6 Å². The van der Waals surface area contributed by atoms with Crippen molar-refractivity contribution in [3.8, 4) is 0 Å². The number of benzene rings is 2. The van der Waals surface area contributed by atoms with Crippen LogP contribution in [0.1, 0.15) is 21.5 Å². The molecule has 2 N–H and O–H groups in total. The summed E-state index contributed by atoms with van der Waals surface area (Å²) in [6.45, 7) is 1.63. The Morgan fingerprint density at radius 1 is 1.06 bits per heavy atom. The lowest BCUT2D eigenvalue weighted by Crippen LogP contribution is -2.41. The van der Waals surface area contributed by atoms with E-state index in [-0.39, 0.29) is 25.2 Å². The Labute approximate surface area is 182 Å². The number of halogens is 1. The second-order valence-corrected chi connectivity index (χ2v) is 7.75. The lowest BCUT2D eigenvalue weighted by molar-refractivity contribution is -0.124. The molecule has 1 aliphatic rings. The van der Waals surface area contributed by atoms with Gasteiger partial charge in [0.2, 0.25) is 5.91 Å². The highest BCUT2D eigenvalue weighted by atomic mass is 32.2. The summed E-state index contributed by atoms with van der Waals surface area (Å²) in [5.41, 5.74) is 1.74. The molecule has 4 amide bonds. The number of carbonyl (C=O) groups is 4. The molecule has 1 heterocycles. The second-order valence-electron chi connectivity index (χ2n) is 6.76. The van der Waals surface area contributed by atoms with Crippen LogP contribution in [0.4, 0.5) is 9.18 Å². The van der Waals surface area contributed by atoms with Gasteiger partial charge >= 0.3 is 0 Å². The standard InChI is InChI=1S/C22H20FN3O4S/c1-14-6-8-15(9-7-14)12-18-21(29)26(22(30)31-18)11-10-24-19(27)13-25-20(28)16-4-2-3-5-17(16)23/h2-9,12H,10-11,13H2,1H3,(H,24,27)(H,25,28)/b18-12+. The molecule has 160 valence electrons. The van der Waals surface area contributed by atoms with Gasteiger partial charge in [0.05, 0.1) is 17.0 Å². The van der Waals surface area contributed by atoms with E-state index in [0.29, 0.717) is 4.91 Å². The Morgan fingerprint density at radius 2 is 1.77 bits per heavy atom. The third kappa shape index (κ3) is 5.79. The van der Waals surface area contributed by atoms with E-state index in [1.54, 1.807) is 6.08 Å². The Hall–Kier alpha value is -3.46. The molecule has 0 bridgehead atoms. The highest BCUT2D eigenvalue weighted by molar-refractivity contribution is 8.18. The van der Waals surface area contributed by atoms with Gasteiger partial charge in [0, 0.05) is 13.1 Å². The largest absolute Gasteiger partial charge is 0.353 e. The molecule has 2 aromatic rings. The lowest BCUT2D eigenvalue weighted by atomic mass is 10.1. The van der Waals surface area contributed by atoms with Crippen molar-refractivity contribution < 1.29 is 23.6 Å². The van der Waals surface area contributed by atoms with Crippen LogP contribution in [0.2, 0.25) is 0 Å². The number of nitrogens with one attached hydrogen (secondary N) is 2. The molecule has 1 saturated heterocycles. The van der Waals surface area contributed by atoms with Crippen LogP contribution < -0.4 is 10.6 Å². The number of imide groups is 1. The van der Waals surface area contributed by atoms with Crippen molar-refractivity contribution >= 4 is 40.8 Å². The fourth-order valence-corrected chi connectivity index (χ4v) is 3.64. The van der Waals surface area contributed by atoms with Gasteiger partial charge < -0.3 is 10.6 Å². The molecule has 31 heavy (non-hydrogen) atoms. The first-order valence-corrected chi connectivity index (χ1v) is 10.3. The van der Waals surface area contributed by atoms with Crippen molar-refractivity contribution in [3.05, 3.63) is 75.9 Å². The van der Waals surface area contributed by atoms with Crippen LogP contribution in [0.25, 0.3) is 6.08 Å². The molecule has 0 saturated carbocycles. The highest BCUT2D eigenvalue weighted by Gasteiger charge is 2.34. The number of nitrogens with zero attached hydrogens (tertiary/aromatic N) is 1. The van der Waals surface area contributed by atoms with E-state index in [2.05, 4.69) is 10.6 Å². The van der Waals surface area contributed by atoms with E-state index in [4.69, 9.17) is 0 Å². The molecular formula is C22H20FN3O4S. The third-order valence-corrected chi connectivity index (χ3v) is 5.34. The molecule has 0 spiro atoms. The fraction of sp³-hybridized carbons (Fsp3) is 0.182. The predicted molar refractivity (Wildman–Crippen MR) is 116 cm³/mol. The molecule has 0 radical (unpaired) electrons. The Kier molecular flexibility index (Phi) is 7.19. The monoisotopic (exact) mass is 441 g/mol. The summed E-state index contributed by atoms with van der Waals surface area (Å²) in [6, 6.07) is 13.0. The summed E-state index contributed by atoms with van der Waals surface area (Å²) >= 11 is 0.846. The van der Waals surface area contributed by atoms with Gasteiger partial charge in [-0.15, -0.1) is 0 Å². The van der Waals surface area contributed by atoms with E-state index < -0.39 is 28.8 Å². The van der Waals surface area contributed by atoms with E-state index in [9.17, 15) is 23.6 Å². The third-order valence-electron chi connectivity index (χ3n) is 4.43. The average molecular weight is 441 g/mol. The number of hydrogen-bond acceptors (Lipinski definition) is 5. The summed E-state index contributed by atoms with van der Waals surface area (Å²) in [4.78, 5) is 49.8. The van der Waals surface area contributed by atoms with Gasteiger partial charge in [-0.1, -0.05) is 42.0 Å². The Bertz CT molecular complexity index is 1050. The minimum Gasteiger partial charge on any atom is -0.353 e. The van der Waals surface area contributed by atoms with Crippen molar-refractivity contribution in [1.29, 1.82) is 0 Å². The van der Waals surface area contributed by atoms with E-state index in [1.165, 1.54) is 18.2 Å². The molecule has 0 aliphatic carbocycles. The number of carbonyl (C=O) groups excluding carboxylic acids is 4. The zero-order chi connectivity index (χ0) is 22.4. The maximum atomic E-state index is 13.6. The minimum absolute atomic E-state index is 0.00288. The van der Waals surface area contributed by atoms with Gasteiger partial charge in [0.1, 0.15) is 5.82 Å². The topological polar surface area (TPSA) is 95.6 Å². The minimum atomic E-state index is -0.708. The Morgan fingerprint density at radius 3 is 2.48 bits per heavy atom. The molecule has 9 heteroatoms. The molecule has 7 nitrogen and oxygen atoms in total. The highest BCUT2D eigenvalue weighted by Crippen LogP contribution is 2.31. The van der Waals surface area contributed by atoms with Crippen molar-refractivity contribution in [1.82, 2.24) is 15.5 Å². The zero-order valence-electron chi connectivity index (χ0n) is 16.7. The summed E-state index contributed by atoms with van der Waals surface area (Å²) in [5.74, 6) is -2.33. The van der Waals surface area contributed by atoms with Gasteiger partial charge in [0.15, 0.2) is 0 Å². The summed E-state index contributed by atoms with van der Waals surface area (Å²) in [7, 11) is 0. The smallest absolute Gasteiger partial charge is 0.293 e. The van der Waals surface area contributed by atoms with Gasteiger partial charge in [-0.05, 0) is 42.5 Å². The fourth-order valence-electron chi connectivity index (χ4n) is 2.78. The van der Waals surface area contributed by atoms with Crippen LogP contribution in [-0.4, -0.2) is 47.5 Å². The van der Waals surface area contributed by atoms with Crippen LogP contribution in [0.15, 0.2) is 53.4 Å². The summed E-state index contributed by atoms with van der Waals surface area (Å²) in [5, 5.41) is 4.43. The quantitative estimate of drug-likeness (QED) is 0.645. The average Bonchev–Trinajstić information content (AvgIpc) is 3.01. The Balaban J connectivity index is 1.46. The molecule has 0 aromatic heterocycles. The first kappa shape index (κ1) is 22.2. The molecule has 1 aliphatic heterocycles. The van der Waals surface area contributed by atoms with Gasteiger partial charge in [0.25, 0.3) is 17.1 Å². The van der Waals surface area contributed by atoms with Crippen LogP contribution in [-0.2, 0) is 9.59 Å². The SMILES string of the molecule is Cc1ccc(/C=C2/SC(=O)N(CCNC(=O)CNC(=O)c3ccccc3F)C2=O)cc1. The molecule has 0 unspecified atom stereocenters. The molecule has 3 rings (SSSR count). The second kappa shape index (κ2) is 10.0. The molecular weight excluding hydrogens is 421 g/mol. The van der Waals surface area contributed by atoms with Crippen LogP contribution >= 0.6 is 11.8 Å². The summed E-state index contributed by atoms with van der Waals surface area (Å²) in [6.07, 6.45) is 1.65. The van der Waals surface area contributed by atoms with Gasteiger partial charge in [-0.25, -0.2) is 4.39 Å². The van der Waals surface area contributed by atoms with E-state index in [0.717, 1.165) is 33.9 Å². The number of aryl methyl sites for hydroxylation is 1. The first-order chi connectivity index (χ1) is 14.8. The number of thioether (sulfide) groups is 1. The number of hydrogen-bond donors (Lipinski definition) is 2. The molecule has 1 fully saturated rings. The molecule has 2 aromatic carbocycles. The maximum Gasteiger partial charge on any atom is 0.293 e. The predicted octanol–water partition coefficient (Wildman–Crippen LogP) is 2.72. The van der Waals surface area contributed by atoms with E-state index in [1.807, 2.05) is 31.2 Å². The number of rotatable bonds is 7. The lowest BCUT2D eigenvalue weighted by Gasteiger charge is -2.13. The van der Waals surface area contributed by atoms with Crippen molar-refractivity contribution in [2.24, 2.45) is 0 Å². The van der Waals surface area contributed by atoms with Gasteiger partial charge in [-0.2, -0.15) is 0 Å². The molecule has 0 atom stereocenters. The first-order valence-electron chi connectivity index (χ1n) is 9.46. The number of amides is 4. The van der Waals surface area contributed by atoms with Crippen LogP contribution in [0.3, 0.4) is 0 Å². The van der Waals surface area contributed by atoms with Crippen LogP contribution in [0, 0.1) is 12.7 Å². The van der Waals surface area contributed by atoms with Gasteiger partial charge in [-0.3, -0.25) is 24.1 Å². The van der Waals surface area contributed by atoms with E-state index >= 15 is 0 Å². The summed E-state index contributed by atoms with van der Waals surface area (Å²) < 4.78 is 13.6. The van der Waals surface area contributed by atoms with Crippen LogP contribution in [0.5, 0.6) is 0 Å². The van der Waals surface area contributed by atoms with Crippen molar-refractivity contribution in [2.45, 2.75) is 6.92 Å². The zero-order valence-corrected chi connectivity index (χ0v) is 17.5.